The lowest BCUT2D eigenvalue weighted by atomic mass is 10.1. The first-order valence-corrected chi connectivity index (χ1v) is 10.4. The third-order valence-electron chi connectivity index (χ3n) is 5.34. The highest BCUT2D eigenvalue weighted by molar-refractivity contribution is 5.88. The molecule has 0 radical (unpaired) electrons. The molecular weight excluding hydrogens is 435 g/mol. The Morgan fingerprint density at radius 2 is 1.85 bits per heavy atom. The maximum Gasteiger partial charge on any atom is 0.453 e. The van der Waals surface area contributed by atoms with Gasteiger partial charge in [-0.05, 0) is 37.3 Å². The highest BCUT2D eigenvalue weighted by Crippen LogP contribution is 2.27. The summed E-state index contributed by atoms with van der Waals surface area (Å²) < 4.78 is 45.6. The van der Waals surface area contributed by atoms with Crippen molar-refractivity contribution >= 4 is 22.5 Å². The lowest BCUT2D eigenvalue weighted by molar-refractivity contribution is -0.144. The highest BCUT2D eigenvalue weighted by Gasteiger charge is 2.36. The van der Waals surface area contributed by atoms with Crippen LogP contribution in [0.1, 0.15) is 29.2 Å². The molecule has 4 rings (SSSR count). The molecule has 2 heterocycles. The van der Waals surface area contributed by atoms with Crippen LogP contribution in [0.2, 0.25) is 0 Å². The van der Waals surface area contributed by atoms with Crippen LogP contribution in [0.15, 0.2) is 42.5 Å². The first-order valence-electron chi connectivity index (χ1n) is 10.4. The Labute approximate surface area is 187 Å². The average molecular weight is 457 g/mol. The van der Waals surface area contributed by atoms with Crippen molar-refractivity contribution in [2.75, 3.05) is 13.2 Å². The van der Waals surface area contributed by atoms with Gasteiger partial charge in [0.25, 0.3) is 11.6 Å². The van der Waals surface area contributed by atoms with E-state index in [1.807, 2.05) is 42.5 Å². The van der Waals surface area contributed by atoms with E-state index in [-0.39, 0.29) is 18.1 Å². The number of ether oxygens (including phenoxy) is 1. The zero-order valence-electron chi connectivity index (χ0n) is 18.1. The second kappa shape index (κ2) is 9.05. The van der Waals surface area contributed by atoms with Crippen LogP contribution in [0, 0.1) is 13.8 Å². The van der Waals surface area contributed by atoms with Gasteiger partial charge in [-0.25, -0.2) is 9.50 Å². The number of carbonyl (C=O) groups excluding carboxylic acids is 1. The van der Waals surface area contributed by atoms with Crippen molar-refractivity contribution in [1.82, 2.24) is 24.9 Å². The molecule has 7 nitrogen and oxygen atoms in total. The van der Waals surface area contributed by atoms with Gasteiger partial charge in [-0.2, -0.15) is 18.2 Å². The van der Waals surface area contributed by atoms with Gasteiger partial charge >= 0.3 is 6.18 Å². The monoisotopic (exact) mass is 457 g/mol. The maximum absolute atomic E-state index is 12.9. The molecule has 10 heteroatoms. The Kier molecular flexibility index (Phi) is 6.17. The van der Waals surface area contributed by atoms with Crippen molar-refractivity contribution in [3.63, 3.8) is 0 Å². The van der Waals surface area contributed by atoms with Crippen LogP contribution in [0.4, 0.5) is 13.2 Å². The summed E-state index contributed by atoms with van der Waals surface area (Å²) in [5.41, 5.74) is 1.67. The van der Waals surface area contributed by atoms with Gasteiger partial charge in [0, 0.05) is 23.2 Å². The molecule has 0 atom stereocenters. The molecule has 0 spiro atoms. The highest BCUT2D eigenvalue weighted by atomic mass is 19.4. The number of nitrogens with one attached hydrogen (secondary N) is 1. The summed E-state index contributed by atoms with van der Waals surface area (Å²) in [7, 11) is 0. The lowest BCUT2D eigenvalue weighted by Gasteiger charge is -2.12. The Morgan fingerprint density at radius 3 is 2.64 bits per heavy atom. The summed E-state index contributed by atoms with van der Waals surface area (Å²) in [5.74, 6) is -0.793. The van der Waals surface area contributed by atoms with Crippen LogP contribution in [0.3, 0.4) is 0 Å². The second-order valence-electron chi connectivity index (χ2n) is 7.58. The third kappa shape index (κ3) is 4.89. The molecule has 1 amide bonds. The van der Waals surface area contributed by atoms with Gasteiger partial charge < -0.3 is 10.1 Å². The average Bonchev–Trinajstić information content (AvgIpc) is 3.21. The SMILES string of the molecule is Cc1nc2nc(C(F)(F)F)nn2c(C)c1CCC(=O)NCCOc1cccc2ccccc12. The van der Waals surface area contributed by atoms with Crippen LogP contribution in [-0.4, -0.2) is 38.6 Å². The van der Waals surface area contributed by atoms with Crippen LogP contribution in [0.5, 0.6) is 5.75 Å². The van der Waals surface area contributed by atoms with E-state index in [1.54, 1.807) is 13.8 Å². The molecule has 0 aliphatic rings. The predicted molar refractivity (Wildman–Crippen MR) is 116 cm³/mol. The molecule has 172 valence electrons. The van der Waals surface area contributed by atoms with Gasteiger partial charge in [0.1, 0.15) is 12.4 Å². The van der Waals surface area contributed by atoms with Crippen molar-refractivity contribution in [2.24, 2.45) is 0 Å². The Hall–Kier alpha value is -3.69. The van der Waals surface area contributed by atoms with Crippen LogP contribution >= 0.6 is 0 Å². The van der Waals surface area contributed by atoms with Gasteiger partial charge in [-0.1, -0.05) is 36.4 Å². The van der Waals surface area contributed by atoms with E-state index in [0.29, 0.717) is 36.5 Å². The number of alkyl halides is 3. The topological polar surface area (TPSA) is 81.4 Å². The maximum atomic E-state index is 12.9. The van der Waals surface area contributed by atoms with E-state index in [1.165, 1.54) is 0 Å². The van der Waals surface area contributed by atoms with E-state index in [4.69, 9.17) is 4.74 Å². The first kappa shape index (κ1) is 22.5. The lowest BCUT2D eigenvalue weighted by Crippen LogP contribution is -2.28. The number of aromatic nitrogens is 4. The normalized spacial score (nSPS) is 11.8. The standard InChI is InChI=1S/C23H22F3N5O2/c1-14-17(15(2)31-22(28-14)29-21(30-31)23(24,25)26)10-11-20(32)27-12-13-33-19-9-5-7-16-6-3-4-8-18(16)19/h3-9H,10-13H2,1-2H3,(H,27,32). The summed E-state index contributed by atoms with van der Waals surface area (Å²) in [5, 5.41) is 8.40. The number of rotatable bonds is 7. The summed E-state index contributed by atoms with van der Waals surface area (Å²) in [6.45, 7) is 3.96. The molecule has 1 N–H and O–H groups in total. The number of aryl methyl sites for hydroxylation is 2. The summed E-state index contributed by atoms with van der Waals surface area (Å²) >= 11 is 0. The molecule has 0 aliphatic carbocycles. The Balaban J connectivity index is 1.33. The molecule has 2 aromatic heterocycles. The second-order valence-corrected chi connectivity index (χ2v) is 7.58. The fourth-order valence-corrected chi connectivity index (χ4v) is 3.69. The molecule has 0 saturated heterocycles. The zero-order chi connectivity index (χ0) is 23.6. The van der Waals surface area contributed by atoms with Crippen molar-refractivity contribution in [3.05, 3.63) is 65.2 Å². The van der Waals surface area contributed by atoms with E-state index < -0.39 is 12.0 Å². The smallest absolute Gasteiger partial charge is 0.453 e. The number of nitrogens with zero attached hydrogens (tertiary/aromatic N) is 4. The predicted octanol–water partition coefficient (Wildman–Crippen LogP) is 4.04. The first-order chi connectivity index (χ1) is 15.7. The fourth-order valence-electron chi connectivity index (χ4n) is 3.69. The Bertz CT molecular complexity index is 1310. The molecule has 0 unspecified atom stereocenters. The molecule has 0 aliphatic heterocycles. The minimum absolute atomic E-state index is 0.115. The number of halogens is 3. The minimum atomic E-state index is -4.65. The number of benzene rings is 2. The number of hydrogen-bond acceptors (Lipinski definition) is 5. The largest absolute Gasteiger partial charge is 0.491 e. The molecule has 0 saturated carbocycles. The van der Waals surface area contributed by atoms with E-state index in [0.717, 1.165) is 21.0 Å². The van der Waals surface area contributed by atoms with Crippen molar-refractivity contribution in [3.8, 4) is 5.75 Å². The molecule has 0 fully saturated rings. The van der Waals surface area contributed by atoms with Crippen LogP contribution in [0.25, 0.3) is 16.6 Å². The van der Waals surface area contributed by atoms with Crippen molar-refractivity contribution < 1.29 is 22.7 Å². The van der Waals surface area contributed by atoms with Gasteiger partial charge in [0.15, 0.2) is 0 Å². The van der Waals surface area contributed by atoms with Gasteiger partial charge in [0.05, 0.1) is 6.54 Å². The number of hydrogen-bond donors (Lipinski definition) is 1. The summed E-state index contributed by atoms with van der Waals surface area (Å²) in [4.78, 5) is 19.9. The van der Waals surface area contributed by atoms with Crippen molar-refractivity contribution in [1.29, 1.82) is 0 Å². The van der Waals surface area contributed by atoms with Gasteiger partial charge in [-0.3, -0.25) is 4.79 Å². The third-order valence-corrected chi connectivity index (χ3v) is 5.34. The molecule has 2 aromatic carbocycles. The van der Waals surface area contributed by atoms with E-state index in [9.17, 15) is 18.0 Å². The summed E-state index contributed by atoms with van der Waals surface area (Å²) in [6.07, 6.45) is -4.18. The molecule has 4 aromatic rings. The van der Waals surface area contributed by atoms with Gasteiger partial charge in [-0.15, -0.1) is 5.10 Å². The number of amides is 1. The molecular formula is C23H22F3N5O2. The quantitative estimate of drug-likeness (QED) is 0.424. The van der Waals surface area contributed by atoms with Crippen molar-refractivity contribution in [2.45, 2.75) is 32.9 Å². The number of carbonyl (C=O) groups is 1. The van der Waals surface area contributed by atoms with Crippen LogP contribution in [-0.2, 0) is 17.4 Å². The fraction of sp³-hybridized carbons (Fsp3) is 0.304. The molecule has 33 heavy (non-hydrogen) atoms. The van der Waals surface area contributed by atoms with Gasteiger partial charge in [0.2, 0.25) is 5.91 Å². The van der Waals surface area contributed by atoms with E-state index >= 15 is 0 Å². The minimum Gasteiger partial charge on any atom is -0.491 e. The molecule has 0 bridgehead atoms. The summed E-state index contributed by atoms with van der Waals surface area (Å²) in [6, 6.07) is 13.7. The van der Waals surface area contributed by atoms with Crippen LogP contribution < -0.4 is 10.1 Å². The zero-order valence-corrected chi connectivity index (χ0v) is 18.1. The Morgan fingerprint density at radius 1 is 1.09 bits per heavy atom. The number of fused-ring (bicyclic) bond motifs is 2. The van der Waals surface area contributed by atoms with E-state index in [2.05, 4.69) is 20.4 Å².